The van der Waals surface area contributed by atoms with E-state index < -0.39 is 0 Å². The lowest BCUT2D eigenvalue weighted by Crippen LogP contribution is -2.18. The fourth-order valence-corrected chi connectivity index (χ4v) is 2.56. The Kier molecular flexibility index (Phi) is 3.62. The van der Waals surface area contributed by atoms with Gasteiger partial charge in [0, 0.05) is 24.2 Å². The van der Waals surface area contributed by atoms with E-state index >= 15 is 0 Å². The van der Waals surface area contributed by atoms with Gasteiger partial charge in [-0.1, -0.05) is 18.2 Å². The van der Waals surface area contributed by atoms with Crippen molar-refractivity contribution in [3.63, 3.8) is 0 Å². The second-order valence-electron chi connectivity index (χ2n) is 5.24. The monoisotopic (exact) mass is 282 g/mol. The highest BCUT2D eigenvalue weighted by Crippen LogP contribution is 2.32. The van der Waals surface area contributed by atoms with Gasteiger partial charge in [-0.2, -0.15) is 0 Å². The van der Waals surface area contributed by atoms with E-state index in [-0.39, 0.29) is 5.91 Å². The Labute approximate surface area is 123 Å². The summed E-state index contributed by atoms with van der Waals surface area (Å²) in [6.07, 6.45) is 1.27. The average Bonchev–Trinajstić information content (AvgIpc) is 2.49. The van der Waals surface area contributed by atoms with E-state index in [0.29, 0.717) is 13.0 Å². The van der Waals surface area contributed by atoms with Crippen molar-refractivity contribution >= 4 is 11.6 Å². The van der Waals surface area contributed by atoms with Gasteiger partial charge in [0.25, 0.3) is 0 Å². The smallest absolute Gasteiger partial charge is 0.224 e. The number of amides is 1. The third-order valence-corrected chi connectivity index (χ3v) is 3.71. The Morgan fingerprint density at radius 2 is 2.10 bits per heavy atom. The van der Waals surface area contributed by atoms with Gasteiger partial charge in [0.2, 0.25) is 5.91 Å². The number of aryl methyl sites for hydroxylation is 2. The molecular weight excluding hydrogens is 264 g/mol. The summed E-state index contributed by atoms with van der Waals surface area (Å²) in [5.74, 6) is 1.66. The highest BCUT2D eigenvalue weighted by atomic mass is 16.5. The van der Waals surface area contributed by atoms with E-state index in [1.807, 2.05) is 43.3 Å². The van der Waals surface area contributed by atoms with Crippen LogP contribution in [0.1, 0.15) is 23.1 Å². The number of nitrogens with one attached hydrogen (secondary N) is 1. The van der Waals surface area contributed by atoms with E-state index in [4.69, 9.17) is 10.5 Å². The van der Waals surface area contributed by atoms with Crippen LogP contribution in [0.2, 0.25) is 0 Å². The predicted octanol–water partition coefficient (Wildman–Crippen LogP) is 3.13. The summed E-state index contributed by atoms with van der Waals surface area (Å²) in [6, 6.07) is 11.7. The molecule has 2 aromatic rings. The zero-order valence-corrected chi connectivity index (χ0v) is 12.0. The summed E-state index contributed by atoms with van der Waals surface area (Å²) in [7, 11) is 0. The zero-order valence-electron chi connectivity index (χ0n) is 12.0. The maximum Gasteiger partial charge on any atom is 0.224 e. The lowest BCUT2D eigenvalue weighted by Gasteiger charge is -2.18. The fourth-order valence-electron chi connectivity index (χ4n) is 2.56. The molecule has 1 heterocycles. The van der Waals surface area contributed by atoms with Gasteiger partial charge in [0.05, 0.1) is 0 Å². The Morgan fingerprint density at radius 3 is 2.90 bits per heavy atom. The molecule has 0 radical (unpaired) electrons. The van der Waals surface area contributed by atoms with Crippen LogP contribution >= 0.6 is 0 Å². The maximum atomic E-state index is 11.4. The molecule has 0 aliphatic carbocycles. The van der Waals surface area contributed by atoms with E-state index in [1.54, 1.807) is 0 Å². The second kappa shape index (κ2) is 5.58. The molecular formula is C17H18N2O2. The van der Waals surface area contributed by atoms with Gasteiger partial charge in [-0.3, -0.25) is 4.79 Å². The summed E-state index contributed by atoms with van der Waals surface area (Å²) >= 11 is 0. The van der Waals surface area contributed by atoms with Gasteiger partial charge in [0.15, 0.2) is 0 Å². The Bertz CT molecular complexity index is 695. The number of fused-ring (bicyclic) bond motifs is 1. The van der Waals surface area contributed by atoms with Crippen molar-refractivity contribution < 1.29 is 9.53 Å². The minimum atomic E-state index is 0.0699. The number of benzene rings is 2. The predicted molar refractivity (Wildman–Crippen MR) is 82.5 cm³/mol. The van der Waals surface area contributed by atoms with Crippen molar-refractivity contribution in [2.75, 3.05) is 5.32 Å². The molecule has 21 heavy (non-hydrogen) atoms. The van der Waals surface area contributed by atoms with Crippen molar-refractivity contribution in [1.29, 1.82) is 0 Å². The molecule has 4 heteroatoms. The molecule has 1 amide bonds. The summed E-state index contributed by atoms with van der Waals surface area (Å²) in [6.45, 7) is 2.45. The lowest BCUT2D eigenvalue weighted by molar-refractivity contribution is -0.116. The fraction of sp³-hybridized carbons (Fsp3) is 0.235. The third kappa shape index (κ3) is 2.76. The first kappa shape index (κ1) is 13.6. The van der Waals surface area contributed by atoms with Crippen LogP contribution in [-0.2, 0) is 17.8 Å². The van der Waals surface area contributed by atoms with Gasteiger partial charge in [-0.05, 0) is 42.7 Å². The van der Waals surface area contributed by atoms with Crippen LogP contribution in [0.25, 0.3) is 0 Å². The van der Waals surface area contributed by atoms with E-state index in [9.17, 15) is 4.79 Å². The van der Waals surface area contributed by atoms with Crippen LogP contribution < -0.4 is 15.8 Å². The Hall–Kier alpha value is -2.33. The van der Waals surface area contributed by atoms with Gasteiger partial charge < -0.3 is 15.8 Å². The largest absolute Gasteiger partial charge is 0.457 e. The minimum Gasteiger partial charge on any atom is -0.457 e. The standard InChI is InChI=1S/C17H18N2O2/c1-11-3-2-4-13(10-18)17(11)21-14-6-7-15-12(9-14)5-8-16(20)19-15/h2-4,6-7,9H,5,8,10,18H2,1H3,(H,19,20). The number of carbonyl (C=O) groups excluding carboxylic acids is 1. The molecule has 0 unspecified atom stereocenters. The molecule has 0 bridgehead atoms. The van der Waals surface area contributed by atoms with Crippen LogP contribution in [0.15, 0.2) is 36.4 Å². The lowest BCUT2D eigenvalue weighted by atomic mass is 10.0. The molecule has 0 saturated carbocycles. The van der Waals surface area contributed by atoms with Crippen molar-refractivity contribution in [1.82, 2.24) is 0 Å². The number of ether oxygens (including phenoxy) is 1. The molecule has 0 spiro atoms. The molecule has 0 aromatic heterocycles. The topological polar surface area (TPSA) is 64.3 Å². The molecule has 3 rings (SSSR count). The molecule has 1 aliphatic heterocycles. The minimum absolute atomic E-state index is 0.0699. The molecule has 2 aromatic carbocycles. The average molecular weight is 282 g/mol. The van der Waals surface area contributed by atoms with Gasteiger partial charge in [0.1, 0.15) is 11.5 Å². The third-order valence-electron chi connectivity index (χ3n) is 3.71. The molecule has 3 N–H and O–H groups in total. The van der Waals surface area contributed by atoms with E-state index in [1.165, 1.54) is 0 Å². The number of hydrogen-bond acceptors (Lipinski definition) is 3. The molecule has 1 aliphatic rings. The number of nitrogens with two attached hydrogens (primary N) is 1. The summed E-state index contributed by atoms with van der Waals surface area (Å²) in [4.78, 5) is 11.4. The van der Waals surface area contributed by atoms with Crippen molar-refractivity contribution in [2.45, 2.75) is 26.3 Å². The first-order valence-corrected chi connectivity index (χ1v) is 7.06. The number of rotatable bonds is 3. The van der Waals surface area contributed by atoms with Crippen LogP contribution in [0.5, 0.6) is 11.5 Å². The first-order valence-electron chi connectivity index (χ1n) is 7.06. The second-order valence-corrected chi connectivity index (χ2v) is 5.24. The number of carbonyl (C=O) groups is 1. The molecule has 108 valence electrons. The van der Waals surface area contributed by atoms with Crippen molar-refractivity contribution in [2.24, 2.45) is 5.73 Å². The highest BCUT2D eigenvalue weighted by Gasteiger charge is 2.16. The van der Waals surface area contributed by atoms with Gasteiger partial charge >= 0.3 is 0 Å². The van der Waals surface area contributed by atoms with Crippen molar-refractivity contribution in [3.05, 3.63) is 53.1 Å². The zero-order chi connectivity index (χ0) is 14.8. The molecule has 4 nitrogen and oxygen atoms in total. The number of anilines is 1. The van der Waals surface area contributed by atoms with Crippen LogP contribution in [-0.4, -0.2) is 5.91 Å². The highest BCUT2D eigenvalue weighted by molar-refractivity contribution is 5.94. The van der Waals surface area contributed by atoms with Gasteiger partial charge in [-0.25, -0.2) is 0 Å². The van der Waals surface area contributed by atoms with E-state index in [0.717, 1.165) is 40.3 Å². The normalized spacial score (nSPS) is 13.5. The molecule has 0 fully saturated rings. The number of para-hydroxylation sites is 1. The molecule has 0 saturated heterocycles. The van der Waals surface area contributed by atoms with E-state index in [2.05, 4.69) is 5.32 Å². The first-order chi connectivity index (χ1) is 10.2. The summed E-state index contributed by atoms with van der Waals surface area (Å²) < 4.78 is 6.03. The summed E-state index contributed by atoms with van der Waals surface area (Å²) in [5, 5.41) is 2.87. The van der Waals surface area contributed by atoms with Crippen LogP contribution in [0.3, 0.4) is 0 Å². The summed E-state index contributed by atoms with van der Waals surface area (Å²) in [5.41, 5.74) is 9.80. The van der Waals surface area contributed by atoms with Crippen LogP contribution in [0, 0.1) is 6.92 Å². The SMILES string of the molecule is Cc1cccc(CN)c1Oc1ccc2c(c1)CCC(=O)N2. The maximum absolute atomic E-state index is 11.4. The van der Waals surface area contributed by atoms with Crippen LogP contribution in [0.4, 0.5) is 5.69 Å². The Morgan fingerprint density at radius 1 is 1.24 bits per heavy atom. The molecule has 0 atom stereocenters. The Balaban J connectivity index is 1.91. The quantitative estimate of drug-likeness (QED) is 0.909. The number of hydrogen-bond donors (Lipinski definition) is 2. The van der Waals surface area contributed by atoms with Crippen molar-refractivity contribution in [3.8, 4) is 11.5 Å². The van der Waals surface area contributed by atoms with Gasteiger partial charge in [-0.15, -0.1) is 0 Å².